The zero-order valence-corrected chi connectivity index (χ0v) is 15.7. The van der Waals surface area contributed by atoms with Crippen LogP contribution in [-0.2, 0) is 14.8 Å². The number of nitrogens with zero attached hydrogens (tertiary/aromatic N) is 1. The molecular weight excluding hydrogens is 338 g/mol. The number of rotatable bonds is 6. The monoisotopic (exact) mass is 365 g/mol. The van der Waals surface area contributed by atoms with Gasteiger partial charge in [-0.15, -0.1) is 0 Å². The van der Waals surface area contributed by atoms with Gasteiger partial charge in [0.1, 0.15) is 0 Å². The predicted molar refractivity (Wildman–Crippen MR) is 97.8 cm³/mol. The fraction of sp³-hybridized carbons (Fsp3) is 0.611. The van der Waals surface area contributed by atoms with Gasteiger partial charge in [0.05, 0.1) is 4.90 Å². The number of hydrogen-bond donors (Lipinski definition) is 2. The van der Waals surface area contributed by atoms with Crippen molar-refractivity contribution in [3.8, 4) is 0 Å². The van der Waals surface area contributed by atoms with Gasteiger partial charge in [0, 0.05) is 31.7 Å². The van der Waals surface area contributed by atoms with Gasteiger partial charge >= 0.3 is 0 Å². The zero-order chi connectivity index (χ0) is 18.0. The van der Waals surface area contributed by atoms with E-state index in [1.54, 1.807) is 12.1 Å². The number of benzene rings is 1. The van der Waals surface area contributed by atoms with Crippen molar-refractivity contribution in [2.45, 2.75) is 44.0 Å². The number of hydrogen-bond acceptors (Lipinski definition) is 4. The highest BCUT2D eigenvalue weighted by molar-refractivity contribution is 7.89. The molecular formula is C18H27N3O3S. The highest BCUT2D eigenvalue weighted by atomic mass is 32.2. The Morgan fingerprint density at radius 3 is 2.56 bits per heavy atom. The maximum atomic E-state index is 12.5. The highest BCUT2D eigenvalue weighted by Gasteiger charge is 2.39. The highest BCUT2D eigenvalue weighted by Crippen LogP contribution is 2.37. The van der Waals surface area contributed by atoms with Crippen LogP contribution in [0.5, 0.6) is 0 Å². The first-order chi connectivity index (χ1) is 11.9. The molecule has 0 spiro atoms. The van der Waals surface area contributed by atoms with E-state index in [4.69, 9.17) is 0 Å². The van der Waals surface area contributed by atoms with Gasteiger partial charge in [-0.3, -0.25) is 9.69 Å². The van der Waals surface area contributed by atoms with Crippen LogP contribution in [0.1, 0.15) is 33.1 Å². The lowest BCUT2D eigenvalue weighted by molar-refractivity contribution is -0.114. The van der Waals surface area contributed by atoms with E-state index in [2.05, 4.69) is 21.9 Å². The third-order valence-electron chi connectivity index (χ3n) is 5.53. The average Bonchev–Trinajstić information content (AvgIpc) is 2.60. The van der Waals surface area contributed by atoms with Gasteiger partial charge < -0.3 is 5.32 Å². The minimum atomic E-state index is -3.53. The molecule has 3 saturated heterocycles. The molecule has 4 rings (SSSR count). The van der Waals surface area contributed by atoms with Crippen molar-refractivity contribution in [2.24, 2.45) is 11.8 Å². The molecule has 1 aromatic rings. The minimum Gasteiger partial charge on any atom is -0.326 e. The van der Waals surface area contributed by atoms with E-state index in [1.807, 2.05) is 0 Å². The summed E-state index contributed by atoms with van der Waals surface area (Å²) in [7, 11) is -3.53. The summed E-state index contributed by atoms with van der Waals surface area (Å²) < 4.78 is 27.8. The van der Waals surface area contributed by atoms with Crippen molar-refractivity contribution in [2.75, 3.05) is 25.0 Å². The molecule has 0 radical (unpaired) electrons. The van der Waals surface area contributed by atoms with E-state index in [0.29, 0.717) is 18.3 Å². The number of carbonyl (C=O) groups excluding carboxylic acids is 1. The quantitative estimate of drug-likeness (QED) is 0.809. The first-order valence-electron chi connectivity index (χ1n) is 9.00. The summed E-state index contributed by atoms with van der Waals surface area (Å²) in [5.74, 6) is 1.32. The van der Waals surface area contributed by atoms with Gasteiger partial charge in [-0.25, -0.2) is 13.1 Å². The van der Waals surface area contributed by atoms with Crippen LogP contribution < -0.4 is 10.0 Å². The average molecular weight is 365 g/mol. The number of nitrogens with one attached hydrogen (secondary N) is 2. The number of amides is 1. The van der Waals surface area contributed by atoms with Gasteiger partial charge in [-0.2, -0.15) is 0 Å². The van der Waals surface area contributed by atoms with E-state index < -0.39 is 10.0 Å². The van der Waals surface area contributed by atoms with Crippen LogP contribution in [-0.4, -0.2) is 44.9 Å². The lowest BCUT2D eigenvalue weighted by Gasteiger charge is -2.49. The lowest BCUT2D eigenvalue weighted by atomic mass is 9.74. The molecule has 0 saturated carbocycles. The molecule has 2 N–H and O–H groups in total. The van der Waals surface area contributed by atoms with Crippen molar-refractivity contribution in [1.29, 1.82) is 0 Å². The Labute approximate surface area is 150 Å². The normalized spacial score (nSPS) is 28.7. The molecule has 4 atom stereocenters. The standard InChI is InChI=1S/C18H27N3O3S/c1-3-14-12-21-9-8-15(14)10-17(21)11-19-25(23,24)18-6-4-16(5-7-18)20-13(2)22/h4-7,14-15,17,19H,3,8-12H2,1-2H3,(H,20,22). The molecule has 1 amide bonds. The number of carbonyl (C=O) groups is 1. The van der Waals surface area contributed by atoms with E-state index in [-0.39, 0.29) is 10.8 Å². The fourth-order valence-electron chi connectivity index (χ4n) is 4.13. The molecule has 0 aromatic heterocycles. The maximum Gasteiger partial charge on any atom is 0.240 e. The lowest BCUT2D eigenvalue weighted by Crippen LogP contribution is -2.56. The van der Waals surface area contributed by atoms with Crippen molar-refractivity contribution < 1.29 is 13.2 Å². The van der Waals surface area contributed by atoms with Crippen molar-refractivity contribution in [3.05, 3.63) is 24.3 Å². The van der Waals surface area contributed by atoms with Gasteiger partial charge in [-0.05, 0) is 55.5 Å². The zero-order valence-electron chi connectivity index (χ0n) is 14.9. The Balaban J connectivity index is 1.60. The molecule has 3 heterocycles. The predicted octanol–water partition coefficient (Wildman–Crippen LogP) is 2.04. The Hall–Kier alpha value is -1.44. The van der Waals surface area contributed by atoms with Crippen LogP contribution in [0, 0.1) is 11.8 Å². The molecule has 7 heteroatoms. The van der Waals surface area contributed by atoms with Crippen molar-refractivity contribution >= 4 is 21.6 Å². The van der Waals surface area contributed by atoms with Gasteiger partial charge in [0.25, 0.3) is 0 Å². The minimum absolute atomic E-state index is 0.180. The largest absolute Gasteiger partial charge is 0.326 e. The van der Waals surface area contributed by atoms with Crippen LogP contribution in [0.25, 0.3) is 0 Å². The summed E-state index contributed by atoms with van der Waals surface area (Å²) in [6, 6.07) is 6.55. The van der Waals surface area contributed by atoms with Gasteiger partial charge in [-0.1, -0.05) is 13.3 Å². The Morgan fingerprint density at radius 1 is 1.28 bits per heavy atom. The smallest absolute Gasteiger partial charge is 0.240 e. The SMILES string of the molecule is CCC1CN2CCC1CC2CNS(=O)(=O)c1ccc(NC(C)=O)cc1. The number of sulfonamides is 1. The molecule has 2 bridgehead atoms. The number of anilines is 1. The summed E-state index contributed by atoms with van der Waals surface area (Å²) in [6.45, 7) is 6.30. The fourth-order valence-corrected chi connectivity index (χ4v) is 5.21. The topological polar surface area (TPSA) is 78.5 Å². The summed E-state index contributed by atoms with van der Waals surface area (Å²) in [4.78, 5) is 13.7. The summed E-state index contributed by atoms with van der Waals surface area (Å²) in [5, 5.41) is 2.63. The van der Waals surface area contributed by atoms with Gasteiger partial charge in [0.15, 0.2) is 0 Å². The van der Waals surface area contributed by atoms with Crippen LogP contribution in [0.15, 0.2) is 29.2 Å². The van der Waals surface area contributed by atoms with Crippen LogP contribution in [0.3, 0.4) is 0 Å². The molecule has 25 heavy (non-hydrogen) atoms. The van der Waals surface area contributed by atoms with Gasteiger partial charge in [0.2, 0.25) is 15.9 Å². The second kappa shape index (κ2) is 7.43. The third kappa shape index (κ3) is 4.22. The van der Waals surface area contributed by atoms with Crippen molar-refractivity contribution in [1.82, 2.24) is 9.62 Å². The van der Waals surface area contributed by atoms with Crippen molar-refractivity contribution in [3.63, 3.8) is 0 Å². The number of piperidine rings is 3. The van der Waals surface area contributed by atoms with Crippen LogP contribution in [0.4, 0.5) is 5.69 Å². The molecule has 3 aliphatic heterocycles. The maximum absolute atomic E-state index is 12.5. The summed E-state index contributed by atoms with van der Waals surface area (Å²) in [5.41, 5.74) is 0.591. The number of fused-ring (bicyclic) bond motifs is 3. The molecule has 1 aromatic carbocycles. The second-order valence-electron chi connectivity index (χ2n) is 7.16. The van der Waals surface area contributed by atoms with E-state index in [0.717, 1.165) is 31.3 Å². The Kier molecular flexibility index (Phi) is 5.46. The van der Waals surface area contributed by atoms with E-state index >= 15 is 0 Å². The molecule has 0 aliphatic carbocycles. The molecule has 3 fully saturated rings. The first kappa shape index (κ1) is 18.4. The molecule has 3 aliphatic rings. The molecule has 6 nitrogen and oxygen atoms in total. The summed E-state index contributed by atoms with van der Waals surface area (Å²) in [6.07, 6.45) is 3.54. The first-order valence-corrected chi connectivity index (χ1v) is 10.5. The Morgan fingerprint density at radius 2 is 2.00 bits per heavy atom. The van der Waals surface area contributed by atoms with E-state index in [9.17, 15) is 13.2 Å². The van der Waals surface area contributed by atoms with Crippen LogP contribution in [0.2, 0.25) is 0 Å². The molecule has 4 unspecified atom stereocenters. The van der Waals surface area contributed by atoms with E-state index in [1.165, 1.54) is 31.9 Å². The third-order valence-corrected chi connectivity index (χ3v) is 6.97. The Bertz CT molecular complexity index is 718. The van der Waals surface area contributed by atoms with Crippen LogP contribution >= 0.6 is 0 Å². The second-order valence-corrected chi connectivity index (χ2v) is 8.93. The summed E-state index contributed by atoms with van der Waals surface area (Å²) >= 11 is 0. The molecule has 138 valence electrons.